The SMILES string of the molecule is Nc1cccc(CC(=O)NC2=NI3CC3([C@@H]3CCC[C@@H](c4nnc(NC(=O)Cc5cccc(N)c5)s4)C3)S2)c1. The molecule has 1 aromatic heterocycles. The summed E-state index contributed by atoms with van der Waals surface area (Å²) in [6.07, 6.45) is 5.03. The molecule has 6 rings (SSSR count). The number of nitrogens with one attached hydrogen (secondary N) is 2. The second-order valence-electron chi connectivity index (χ2n) is 10.2. The van der Waals surface area contributed by atoms with Gasteiger partial charge in [-0.2, -0.15) is 0 Å². The number of carbonyl (C=O) groups excluding carboxylic acids is 2. The quantitative estimate of drug-likeness (QED) is 0.161. The first-order chi connectivity index (χ1) is 18.9. The van der Waals surface area contributed by atoms with Crippen molar-refractivity contribution in [2.75, 3.05) is 21.2 Å². The van der Waals surface area contributed by atoms with Crippen LogP contribution in [0.2, 0.25) is 0 Å². The molecular weight excluding hydrogens is 645 g/mol. The van der Waals surface area contributed by atoms with Crippen molar-refractivity contribution < 1.29 is 9.59 Å². The Morgan fingerprint density at radius 3 is 2.36 bits per heavy atom. The maximum atomic E-state index is 12.6. The molecule has 0 radical (unpaired) electrons. The van der Waals surface area contributed by atoms with E-state index in [0.29, 0.717) is 34.8 Å². The number of nitrogens with zero attached hydrogens (tertiary/aromatic N) is 3. The standard InChI is InChI=1S/C27H30IN7O2S2/c29-20-8-1-4-16(10-20)12-22(36)31-25-33-28-15-27(28,39-25)19-7-3-6-18(14-19)24-34-35-26(38-24)32-23(37)13-17-5-2-9-21(30)11-17/h1-2,4-5,8-11,18-19H,3,6-7,12-15,29-30H2,(H,31,33,36)(H,32,35,37)/t18-,19-,27?/m1/s1. The van der Waals surface area contributed by atoms with Crippen LogP contribution < -0.4 is 22.1 Å². The van der Waals surface area contributed by atoms with E-state index in [-0.39, 0.29) is 21.0 Å². The molecule has 1 saturated carbocycles. The summed E-state index contributed by atoms with van der Waals surface area (Å²) in [4.78, 5) is 25.2. The van der Waals surface area contributed by atoms with Gasteiger partial charge in [-0.15, -0.1) is 0 Å². The van der Waals surface area contributed by atoms with Crippen LogP contribution in [0.5, 0.6) is 0 Å². The van der Waals surface area contributed by atoms with Crippen LogP contribution in [0.4, 0.5) is 16.5 Å². The minimum absolute atomic E-state index is 0.0407. The predicted octanol–water partition coefficient (Wildman–Crippen LogP) is 4.75. The predicted molar refractivity (Wildman–Crippen MR) is 167 cm³/mol. The molecular formula is C27H30IN7O2S2. The molecule has 1 unspecified atom stereocenters. The van der Waals surface area contributed by atoms with Crippen LogP contribution in [-0.4, -0.2) is 34.4 Å². The van der Waals surface area contributed by atoms with Crippen molar-refractivity contribution in [1.82, 2.24) is 15.5 Å². The van der Waals surface area contributed by atoms with Crippen molar-refractivity contribution >= 4 is 76.7 Å². The molecule has 2 fully saturated rings. The summed E-state index contributed by atoms with van der Waals surface area (Å²) in [5.41, 5.74) is 14.7. The van der Waals surface area contributed by atoms with Gasteiger partial charge in [-0.3, -0.25) is 0 Å². The second-order valence-corrected chi connectivity index (χ2v) is 18.4. The van der Waals surface area contributed by atoms with E-state index in [4.69, 9.17) is 14.7 Å². The molecule has 3 aliphatic rings. The number of hydrogen-bond acceptors (Lipinski definition) is 9. The summed E-state index contributed by atoms with van der Waals surface area (Å²) in [5.74, 6) is 0.752. The summed E-state index contributed by atoms with van der Waals surface area (Å²) in [7, 11) is 0. The number of rotatable bonds is 7. The molecule has 2 amide bonds. The van der Waals surface area contributed by atoms with E-state index in [0.717, 1.165) is 40.6 Å². The van der Waals surface area contributed by atoms with Crippen molar-refractivity contribution in [2.45, 2.75) is 47.2 Å². The van der Waals surface area contributed by atoms with Crippen molar-refractivity contribution in [1.29, 1.82) is 0 Å². The van der Waals surface area contributed by atoms with Gasteiger partial charge in [0, 0.05) is 5.69 Å². The van der Waals surface area contributed by atoms with Crippen molar-refractivity contribution in [3.63, 3.8) is 0 Å². The van der Waals surface area contributed by atoms with Crippen LogP contribution in [0.25, 0.3) is 0 Å². The molecule has 1 saturated heterocycles. The fourth-order valence-corrected chi connectivity index (χ4v) is 16.1. The summed E-state index contributed by atoms with van der Waals surface area (Å²) in [6.45, 7) is 0. The van der Waals surface area contributed by atoms with Crippen molar-refractivity contribution in [3.05, 3.63) is 64.7 Å². The molecule has 3 heterocycles. The second kappa shape index (κ2) is 11.0. The molecule has 2 aliphatic heterocycles. The van der Waals surface area contributed by atoms with E-state index in [1.807, 2.05) is 54.2 Å². The Kier molecular flexibility index (Phi) is 7.51. The van der Waals surface area contributed by atoms with E-state index in [2.05, 4.69) is 20.8 Å². The number of halogens is 1. The number of fused-ring (bicyclic) bond motifs is 1. The molecule has 0 bridgehead atoms. The molecule has 2 aromatic carbocycles. The number of benzene rings is 2. The molecule has 1 aliphatic carbocycles. The Bertz CT molecular complexity index is 1450. The van der Waals surface area contributed by atoms with E-state index in [1.54, 1.807) is 6.07 Å². The third-order valence-electron chi connectivity index (χ3n) is 7.24. The zero-order chi connectivity index (χ0) is 27.0. The van der Waals surface area contributed by atoms with Gasteiger partial charge in [-0.1, -0.05) is 6.07 Å². The third kappa shape index (κ3) is 6.07. The van der Waals surface area contributed by atoms with Gasteiger partial charge in [0.25, 0.3) is 0 Å². The van der Waals surface area contributed by atoms with Crippen LogP contribution in [0.1, 0.15) is 47.7 Å². The van der Waals surface area contributed by atoms with Gasteiger partial charge in [-0.05, 0) is 6.07 Å². The van der Waals surface area contributed by atoms with E-state index < -0.39 is 20.1 Å². The Morgan fingerprint density at radius 2 is 1.67 bits per heavy atom. The number of amides is 2. The maximum absolute atomic E-state index is 12.6. The zero-order valence-corrected chi connectivity index (χ0v) is 25.0. The Balaban J connectivity index is 1.02. The van der Waals surface area contributed by atoms with Gasteiger partial charge >= 0.3 is 220 Å². The first kappa shape index (κ1) is 26.5. The molecule has 204 valence electrons. The fraction of sp³-hybridized carbons (Fsp3) is 0.370. The fourth-order valence-electron chi connectivity index (χ4n) is 5.37. The van der Waals surface area contributed by atoms with Gasteiger partial charge in [0.2, 0.25) is 0 Å². The molecule has 9 nitrogen and oxygen atoms in total. The van der Waals surface area contributed by atoms with Gasteiger partial charge in [0.1, 0.15) is 0 Å². The summed E-state index contributed by atoms with van der Waals surface area (Å²) < 4.78 is 6.44. The van der Waals surface area contributed by atoms with Crippen LogP contribution in [0.15, 0.2) is 51.7 Å². The first-order valence-electron chi connectivity index (χ1n) is 12.9. The monoisotopic (exact) mass is 675 g/mol. The summed E-state index contributed by atoms with van der Waals surface area (Å²) in [6, 6.07) is 14.8. The third-order valence-corrected chi connectivity index (χ3v) is 17.6. The number of anilines is 3. The molecule has 12 heteroatoms. The van der Waals surface area contributed by atoms with Crippen LogP contribution in [0, 0.1) is 5.92 Å². The zero-order valence-electron chi connectivity index (χ0n) is 21.2. The van der Waals surface area contributed by atoms with E-state index in [1.165, 1.54) is 22.2 Å². The van der Waals surface area contributed by atoms with E-state index in [9.17, 15) is 9.59 Å². The van der Waals surface area contributed by atoms with E-state index >= 15 is 0 Å². The van der Waals surface area contributed by atoms with Gasteiger partial charge in [0.15, 0.2) is 0 Å². The van der Waals surface area contributed by atoms with Gasteiger partial charge in [0.05, 0.1) is 0 Å². The van der Waals surface area contributed by atoms with Crippen molar-refractivity contribution in [2.24, 2.45) is 9.12 Å². The van der Waals surface area contributed by atoms with Crippen LogP contribution >= 0.6 is 43.2 Å². The number of nitrogens with two attached hydrogens (primary N) is 2. The molecule has 39 heavy (non-hydrogen) atoms. The topological polar surface area (TPSA) is 148 Å². The molecule has 6 N–H and O–H groups in total. The average molecular weight is 676 g/mol. The number of alkyl halides is 2. The van der Waals surface area contributed by atoms with Crippen LogP contribution in [0.3, 0.4) is 0 Å². The Hall–Kier alpha value is -2.71. The van der Waals surface area contributed by atoms with Crippen molar-refractivity contribution in [3.8, 4) is 0 Å². The first-order valence-corrected chi connectivity index (χ1v) is 18.1. The van der Waals surface area contributed by atoms with Gasteiger partial charge in [-0.25, -0.2) is 0 Å². The summed E-state index contributed by atoms with van der Waals surface area (Å²) in [5, 5.41) is 17.0. The normalized spacial score (nSPS) is 24.5. The molecule has 3 atom stereocenters. The Labute approximate surface area is 242 Å². The number of nitrogen functional groups attached to an aromatic ring is 2. The van der Waals surface area contributed by atoms with Crippen LogP contribution in [-0.2, 0) is 22.4 Å². The number of amidine groups is 1. The number of aromatic nitrogens is 2. The number of carbonyl (C=O) groups is 2. The molecule has 3 aromatic rings. The average Bonchev–Trinajstić information content (AvgIpc) is 3.21. The Morgan fingerprint density at radius 1 is 0.974 bits per heavy atom. The number of thioether (sulfide) groups is 1. The molecule has 0 spiro atoms. The minimum atomic E-state index is -1.45. The van der Waals surface area contributed by atoms with Gasteiger partial charge < -0.3 is 5.73 Å². The number of hydrogen-bond donors (Lipinski definition) is 4. The summed E-state index contributed by atoms with van der Waals surface area (Å²) >= 11 is 1.84.